The Morgan fingerprint density at radius 1 is 1.37 bits per heavy atom. The Morgan fingerprint density at radius 2 is 2.21 bits per heavy atom. The number of nitrogens with one attached hydrogen (secondary N) is 2. The van der Waals surface area contributed by atoms with Gasteiger partial charge in [0.15, 0.2) is 11.1 Å². The van der Waals surface area contributed by atoms with Crippen molar-refractivity contribution in [3.8, 4) is 0 Å². The highest BCUT2D eigenvalue weighted by molar-refractivity contribution is 7.22. The molecule has 1 aromatic heterocycles. The quantitative estimate of drug-likeness (QED) is 0.883. The van der Waals surface area contributed by atoms with Gasteiger partial charge in [-0.25, -0.2) is 9.98 Å². The Balaban J connectivity index is 1.72. The lowest BCUT2D eigenvalue weighted by molar-refractivity contribution is 0.214. The third kappa shape index (κ3) is 2.69. The summed E-state index contributed by atoms with van der Waals surface area (Å²) in [5.41, 5.74) is 1.02. The molecule has 100 valence electrons. The number of rotatable bonds is 2. The van der Waals surface area contributed by atoms with Crippen molar-refractivity contribution in [3.05, 3.63) is 24.3 Å². The van der Waals surface area contributed by atoms with Gasteiger partial charge in [-0.1, -0.05) is 23.5 Å². The summed E-state index contributed by atoms with van der Waals surface area (Å²) in [6.07, 6.45) is 0. The van der Waals surface area contributed by atoms with Gasteiger partial charge in [0.1, 0.15) is 0 Å². The Hall–Kier alpha value is -1.66. The van der Waals surface area contributed by atoms with Crippen LogP contribution in [0, 0.1) is 0 Å². The summed E-state index contributed by atoms with van der Waals surface area (Å²) in [6.45, 7) is 5.87. The number of hydrogen-bond donors (Lipinski definition) is 2. The molecule has 19 heavy (non-hydrogen) atoms. The van der Waals surface area contributed by atoms with E-state index in [9.17, 15) is 0 Å². The molecule has 0 aliphatic carbocycles. The van der Waals surface area contributed by atoms with Gasteiger partial charge in [-0.05, 0) is 26.0 Å². The fraction of sp³-hybridized carbons (Fsp3) is 0.385. The summed E-state index contributed by atoms with van der Waals surface area (Å²) >= 11 is 1.64. The van der Waals surface area contributed by atoms with Crippen molar-refractivity contribution >= 4 is 32.6 Å². The summed E-state index contributed by atoms with van der Waals surface area (Å²) in [5, 5.41) is 7.40. The van der Waals surface area contributed by atoms with Crippen LogP contribution in [0.5, 0.6) is 0 Å². The fourth-order valence-corrected chi connectivity index (χ4v) is 2.77. The van der Waals surface area contributed by atoms with Crippen LogP contribution in [0.2, 0.25) is 0 Å². The molecular weight excluding hydrogens is 258 g/mol. The number of fused-ring (bicyclic) bond motifs is 1. The number of anilines is 1. The molecule has 0 saturated heterocycles. The molecular formula is C13H17N5S. The Morgan fingerprint density at radius 3 is 2.89 bits per heavy atom. The molecule has 0 amide bonds. The van der Waals surface area contributed by atoms with Gasteiger partial charge in [-0.3, -0.25) is 4.90 Å². The van der Waals surface area contributed by atoms with Crippen LogP contribution in [0.3, 0.4) is 0 Å². The maximum Gasteiger partial charge on any atom is 0.199 e. The molecule has 2 heterocycles. The molecule has 0 radical (unpaired) electrons. The van der Waals surface area contributed by atoms with Crippen LogP contribution in [0.25, 0.3) is 10.2 Å². The molecule has 3 rings (SSSR count). The second-order valence-electron chi connectivity index (χ2n) is 4.78. The summed E-state index contributed by atoms with van der Waals surface area (Å²) in [6, 6.07) is 8.63. The van der Waals surface area contributed by atoms with Gasteiger partial charge in [0.2, 0.25) is 0 Å². The van der Waals surface area contributed by atoms with E-state index in [1.807, 2.05) is 18.2 Å². The molecule has 1 aliphatic rings. The summed E-state index contributed by atoms with van der Waals surface area (Å²) in [4.78, 5) is 11.3. The maximum atomic E-state index is 4.53. The molecule has 0 unspecified atom stereocenters. The molecule has 0 bridgehead atoms. The number of benzene rings is 1. The van der Waals surface area contributed by atoms with E-state index in [1.165, 1.54) is 4.70 Å². The van der Waals surface area contributed by atoms with E-state index in [0.717, 1.165) is 29.9 Å². The highest BCUT2D eigenvalue weighted by Crippen LogP contribution is 2.25. The van der Waals surface area contributed by atoms with Crippen molar-refractivity contribution in [2.45, 2.75) is 19.9 Å². The molecule has 2 N–H and O–H groups in total. The monoisotopic (exact) mass is 275 g/mol. The SMILES string of the molecule is CC(C)N1CN=C(Nc2nc3ccccc3s2)NC1. The zero-order chi connectivity index (χ0) is 13.2. The van der Waals surface area contributed by atoms with E-state index in [4.69, 9.17) is 0 Å². The van der Waals surface area contributed by atoms with Crippen molar-refractivity contribution < 1.29 is 0 Å². The van der Waals surface area contributed by atoms with E-state index in [2.05, 4.69) is 45.4 Å². The maximum absolute atomic E-state index is 4.53. The molecule has 1 aromatic carbocycles. The molecule has 1 aliphatic heterocycles. The highest BCUT2D eigenvalue weighted by Gasteiger charge is 2.15. The number of guanidine groups is 1. The molecule has 0 saturated carbocycles. The lowest BCUT2D eigenvalue weighted by Crippen LogP contribution is -2.48. The number of thiazole rings is 1. The van der Waals surface area contributed by atoms with Crippen LogP contribution in [0.15, 0.2) is 29.3 Å². The first kappa shape index (κ1) is 12.4. The second-order valence-corrected chi connectivity index (χ2v) is 5.81. The molecule has 5 nitrogen and oxygen atoms in total. The first-order valence-corrected chi connectivity index (χ1v) is 7.19. The molecule has 2 aromatic rings. The Labute approximate surface area is 116 Å². The normalized spacial score (nSPS) is 16.5. The summed E-state index contributed by atoms with van der Waals surface area (Å²) < 4.78 is 1.19. The number of nitrogens with zero attached hydrogens (tertiary/aromatic N) is 3. The van der Waals surface area contributed by atoms with Gasteiger partial charge in [0, 0.05) is 6.04 Å². The summed E-state index contributed by atoms with van der Waals surface area (Å²) in [5.74, 6) is 0.802. The predicted octanol–water partition coefficient (Wildman–Crippen LogP) is 2.29. The Bertz CT molecular complexity index is 571. The van der Waals surface area contributed by atoms with Crippen LogP contribution >= 0.6 is 11.3 Å². The highest BCUT2D eigenvalue weighted by atomic mass is 32.1. The zero-order valence-corrected chi connectivity index (χ0v) is 11.9. The van der Waals surface area contributed by atoms with Crippen molar-refractivity contribution in [1.82, 2.24) is 15.2 Å². The third-order valence-electron chi connectivity index (χ3n) is 3.11. The van der Waals surface area contributed by atoms with Gasteiger partial charge in [-0.15, -0.1) is 0 Å². The van der Waals surface area contributed by atoms with Crippen LogP contribution in [-0.2, 0) is 0 Å². The topological polar surface area (TPSA) is 52.5 Å². The van der Waals surface area contributed by atoms with Gasteiger partial charge < -0.3 is 10.6 Å². The molecule has 0 spiro atoms. The smallest absolute Gasteiger partial charge is 0.199 e. The van der Waals surface area contributed by atoms with E-state index < -0.39 is 0 Å². The standard InChI is InChI=1S/C13H17N5S/c1-9(2)18-7-14-12(15-8-18)17-13-16-10-5-3-4-6-11(10)19-13/h3-6,9H,7-8H2,1-2H3,(H2,14,15,16,17). The number of para-hydroxylation sites is 1. The summed E-state index contributed by atoms with van der Waals surface area (Å²) in [7, 11) is 0. The molecule has 0 atom stereocenters. The molecule has 6 heteroatoms. The van der Waals surface area contributed by atoms with E-state index in [0.29, 0.717) is 6.04 Å². The van der Waals surface area contributed by atoms with Crippen LogP contribution in [-0.4, -0.2) is 35.2 Å². The zero-order valence-electron chi connectivity index (χ0n) is 11.1. The van der Waals surface area contributed by atoms with Crippen molar-refractivity contribution in [1.29, 1.82) is 0 Å². The number of hydrogen-bond acceptors (Lipinski definition) is 6. The predicted molar refractivity (Wildman–Crippen MR) is 80.5 cm³/mol. The van der Waals surface area contributed by atoms with Crippen molar-refractivity contribution in [2.24, 2.45) is 4.99 Å². The van der Waals surface area contributed by atoms with Gasteiger partial charge in [-0.2, -0.15) is 0 Å². The van der Waals surface area contributed by atoms with Gasteiger partial charge in [0.05, 0.1) is 23.6 Å². The largest absolute Gasteiger partial charge is 0.343 e. The first-order valence-electron chi connectivity index (χ1n) is 6.37. The van der Waals surface area contributed by atoms with Crippen molar-refractivity contribution in [2.75, 3.05) is 18.7 Å². The van der Waals surface area contributed by atoms with E-state index in [-0.39, 0.29) is 0 Å². The van der Waals surface area contributed by atoms with Crippen molar-refractivity contribution in [3.63, 3.8) is 0 Å². The van der Waals surface area contributed by atoms with Gasteiger partial charge >= 0.3 is 0 Å². The van der Waals surface area contributed by atoms with E-state index >= 15 is 0 Å². The Kier molecular flexibility index (Phi) is 3.35. The molecule has 0 fully saturated rings. The van der Waals surface area contributed by atoms with E-state index in [1.54, 1.807) is 11.3 Å². The average Bonchev–Trinajstić information content (AvgIpc) is 2.81. The number of aliphatic imine (C=N–C) groups is 1. The van der Waals surface area contributed by atoms with Crippen LogP contribution in [0.4, 0.5) is 5.13 Å². The lowest BCUT2D eigenvalue weighted by atomic mass is 10.3. The third-order valence-corrected chi connectivity index (χ3v) is 4.06. The average molecular weight is 275 g/mol. The minimum absolute atomic E-state index is 0.500. The fourth-order valence-electron chi connectivity index (χ4n) is 1.90. The minimum Gasteiger partial charge on any atom is -0.343 e. The second kappa shape index (κ2) is 5.14. The van der Waals surface area contributed by atoms with Crippen LogP contribution < -0.4 is 10.6 Å². The van der Waals surface area contributed by atoms with Crippen LogP contribution in [0.1, 0.15) is 13.8 Å². The van der Waals surface area contributed by atoms with Gasteiger partial charge in [0.25, 0.3) is 0 Å². The number of aromatic nitrogens is 1. The lowest BCUT2D eigenvalue weighted by Gasteiger charge is -2.29. The minimum atomic E-state index is 0.500. The first-order chi connectivity index (χ1) is 9.22.